The molecule has 0 unspecified atom stereocenters. The second kappa shape index (κ2) is 7.20. The molecule has 1 aliphatic carbocycles. The maximum atomic E-state index is 12.9. The largest absolute Gasteiger partial charge is 0.466 e. The zero-order chi connectivity index (χ0) is 15.2. The Morgan fingerprint density at radius 3 is 2.52 bits per heavy atom. The fourth-order valence-electron chi connectivity index (χ4n) is 2.22. The number of rotatable bonds is 7. The molecular formula is C16H20FNO3. The van der Waals surface area contributed by atoms with E-state index in [2.05, 4.69) is 0 Å². The van der Waals surface area contributed by atoms with Crippen molar-refractivity contribution < 1.29 is 18.7 Å². The molecule has 0 heterocycles. The van der Waals surface area contributed by atoms with Gasteiger partial charge in [-0.05, 0) is 37.5 Å². The minimum atomic E-state index is -0.312. The molecule has 0 saturated heterocycles. The standard InChI is InChI=1S/C16H20FNO3/c1-2-21-16(20)9-10-18(14-7-8-14)15(19)11-12-3-5-13(17)6-4-12/h3-6,14H,2,7-11H2,1H3. The van der Waals surface area contributed by atoms with Gasteiger partial charge in [0.15, 0.2) is 0 Å². The van der Waals surface area contributed by atoms with Crippen LogP contribution < -0.4 is 0 Å². The third-order valence-electron chi connectivity index (χ3n) is 3.44. The fourth-order valence-corrected chi connectivity index (χ4v) is 2.22. The molecule has 0 bridgehead atoms. The Morgan fingerprint density at radius 1 is 1.29 bits per heavy atom. The van der Waals surface area contributed by atoms with Crippen LogP contribution in [0.25, 0.3) is 0 Å². The third kappa shape index (κ3) is 4.85. The van der Waals surface area contributed by atoms with E-state index in [1.807, 2.05) is 0 Å². The SMILES string of the molecule is CCOC(=O)CCN(C(=O)Cc1ccc(F)cc1)C1CC1. The van der Waals surface area contributed by atoms with Crippen LogP contribution in [0.5, 0.6) is 0 Å². The number of halogens is 1. The molecule has 0 aromatic heterocycles. The van der Waals surface area contributed by atoms with Gasteiger partial charge in [0, 0.05) is 12.6 Å². The van der Waals surface area contributed by atoms with E-state index < -0.39 is 0 Å². The normalized spacial score (nSPS) is 13.8. The Balaban J connectivity index is 1.90. The van der Waals surface area contributed by atoms with Crippen LogP contribution in [0.4, 0.5) is 4.39 Å². The summed E-state index contributed by atoms with van der Waals surface area (Å²) in [6.07, 6.45) is 2.43. The van der Waals surface area contributed by atoms with Crippen molar-refractivity contribution in [1.82, 2.24) is 4.90 Å². The van der Waals surface area contributed by atoms with E-state index in [9.17, 15) is 14.0 Å². The van der Waals surface area contributed by atoms with Crippen LogP contribution in [0.3, 0.4) is 0 Å². The number of benzene rings is 1. The highest BCUT2D eigenvalue weighted by Gasteiger charge is 2.32. The average molecular weight is 293 g/mol. The summed E-state index contributed by atoms with van der Waals surface area (Å²) in [5.41, 5.74) is 0.781. The molecule has 1 aromatic carbocycles. The zero-order valence-electron chi connectivity index (χ0n) is 12.2. The van der Waals surface area contributed by atoms with Gasteiger partial charge in [0.2, 0.25) is 5.91 Å². The lowest BCUT2D eigenvalue weighted by molar-refractivity contribution is -0.144. The summed E-state index contributed by atoms with van der Waals surface area (Å²) in [6.45, 7) is 2.51. The molecule has 0 spiro atoms. The Kier molecular flexibility index (Phi) is 5.31. The molecule has 0 atom stereocenters. The maximum Gasteiger partial charge on any atom is 0.307 e. The summed E-state index contributed by atoms with van der Waals surface area (Å²) < 4.78 is 17.7. The predicted octanol–water partition coefficient (Wildman–Crippen LogP) is 2.31. The molecule has 1 aliphatic rings. The van der Waals surface area contributed by atoms with Crippen LogP contribution in [0.1, 0.15) is 31.7 Å². The van der Waals surface area contributed by atoms with E-state index in [1.165, 1.54) is 12.1 Å². The van der Waals surface area contributed by atoms with Gasteiger partial charge in [0.1, 0.15) is 5.82 Å². The van der Waals surface area contributed by atoms with Gasteiger partial charge in [-0.1, -0.05) is 12.1 Å². The number of amides is 1. The van der Waals surface area contributed by atoms with Gasteiger partial charge in [0.05, 0.1) is 19.4 Å². The number of esters is 1. The first-order valence-corrected chi connectivity index (χ1v) is 7.29. The highest BCUT2D eigenvalue weighted by atomic mass is 19.1. The number of ether oxygens (including phenoxy) is 1. The van der Waals surface area contributed by atoms with Gasteiger partial charge in [-0.3, -0.25) is 9.59 Å². The van der Waals surface area contributed by atoms with Crippen LogP contribution in [0, 0.1) is 5.82 Å². The lowest BCUT2D eigenvalue weighted by Crippen LogP contribution is -2.36. The van der Waals surface area contributed by atoms with Crippen molar-refractivity contribution in [2.75, 3.05) is 13.2 Å². The molecule has 1 saturated carbocycles. The van der Waals surface area contributed by atoms with Gasteiger partial charge in [-0.25, -0.2) is 4.39 Å². The quantitative estimate of drug-likeness (QED) is 0.725. The molecule has 1 aromatic rings. The molecule has 0 aliphatic heterocycles. The van der Waals surface area contributed by atoms with Crippen molar-refractivity contribution in [2.24, 2.45) is 0 Å². The summed E-state index contributed by atoms with van der Waals surface area (Å²) >= 11 is 0. The van der Waals surface area contributed by atoms with E-state index in [-0.39, 0.29) is 36.6 Å². The Labute approximate surface area is 123 Å². The Morgan fingerprint density at radius 2 is 1.95 bits per heavy atom. The summed E-state index contributed by atoms with van der Waals surface area (Å²) in [5, 5.41) is 0. The molecule has 2 rings (SSSR count). The molecule has 21 heavy (non-hydrogen) atoms. The van der Waals surface area contributed by atoms with Crippen LogP contribution in [-0.2, 0) is 20.7 Å². The summed E-state index contributed by atoms with van der Waals surface area (Å²) in [7, 11) is 0. The van der Waals surface area contributed by atoms with Crippen LogP contribution >= 0.6 is 0 Å². The number of carbonyl (C=O) groups excluding carboxylic acids is 2. The first-order chi connectivity index (χ1) is 10.1. The van der Waals surface area contributed by atoms with Crippen molar-refractivity contribution >= 4 is 11.9 Å². The highest BCUT2D eigenvalue weighted by molar-refractivity contribution is 5.80. The van der Waals surface area contributed by atoms with Gasteiger partial charge in [-0.15, -0.1) is 0 Å². The topological polar surface area (TPSA) is 46.6 Å². The van der Waals surface area contributed by atoms with Crippen molar-refractivity contribution in [3.8, 4) is 0 Å². The van der Waals surface area contributed by atoms with E-state index >= 15 is 0 Å². The van der Waals surface area contributed by atoms with Crippen molar-refractivity contribution in [1.29, 1.82) is 0 Å². The van der Waals surface area contributed by atoms with E-state index in [0.717, 1.165) is 18.4 Å². The summed E-state index contributed by atoms with van der Waals surface area (Å²) in [4.78, 5) is 25.5. The van der Waals surface area contributed by atoms with Crippen molar-refractivity contribution in [2.45, 2.75) is 38.6 Å². The number of carbonyl (C=O) groups is 2. The lowest BCUT2D eigenvalue weighted by Gasteiger charge is -2.22. The first kappa shape index (κ1) is 15.5. The smallest absolute Gasteiger partial charge is 0.307 e. The lowest BCUT2D eigenvalue weighted by atomic mass is 10.1. The van der Waals surface area contributed by atoms with Gasteiger partial charge in [0.25, 0.3) is 0 Å². The van der Waals surface area contributed by atoms with Crippen molar-refractivity contribution in [3.05, 3.63) is 35.6 Å². The number of nitrogens with zero attached hydrogens (tertiary/aromatic N) is 1. The average Bonchev–Trinajstić information content (AvgIpc) is 3.26. The molecule has 5 heteroatoms. The summed E-state index contributed by atoms with van der Waals surface area (Å²) in [5.74, 6) is -0.612. The van der Waals surface area contributed by atoms with E-state index in [4.69, 9.17) is 4.74 Å². The number of hydrogen-bond acceptors (Lipinski definition) is 3. The zero-order valence-corrected chi connectivity index (χ0v) is 12.2. The fraction of sp³-hybridized carbons (Fsp3) is 0.500. The molecule has 1 fully saturated rings. The van der Waals surface area contributed by atoms with Crippen LogP contribution in [-0.4, -0.2) is 36.0 Å². The monoisotopic (exact) mass is 293 g/mol. The van der Waals surface area contributed by atoms with Gasteiger partial charge in [-0.2, -0.15) is 0 Å². The van der Waals surface area contributed by atoms with Gasteiger partial charge >= 0.3 is 5.97 Å². The maximum absolute atomic E-state index is 12.9. The Hall–Kier alpha value is -1.91. The predicted molar refractivity (Wildman–Crippen MR) is 76.1 cm³/mol. The van der Waals surface area contributed by atoms with Crippen LogP contribution in [0.15, 0.2) is 24.3 Å². The van der Waals surface area contributed by atoms with E-state index in [0.29, 0.717) is 13.2 Å². The second-order valence-electron chi connectivity index (χ2n) is 5.18. The minimum absolute atomic E-state index is 0.0200. The highest BCUT2D eigenvalue weighted by Crippen LogP contribution is 2.27. The molecule has 0 radical (unpaired) electrons. The molecular weight excluding hydrogens is 273 g/mol. The number of hydrogen-bond donors (Lipinski definition) is 0. The minimum Gasteiger partial charge on any atom is -0.466 e. The van der Waals surface area contributed by atoms with Crippen LogP contribution in [0.2, 0.25) is 0 Å². The Bertz CT molecular complexity index is 497. The molecule has 1 amide bonds. The van der Waals surface area contributed by atoms with Crippen molar-refractivity contribution in [3.63, 3.8) is 0 Å². The van der Waals surface area contributed by atoms with Gasteiger partial charge < -0.3 is 9.64 Å². The molecule has 0 N–H and O–H groups in total. The second-order valence-corrected chi connectivity index (χ2v) is 5.18. The van der Waals surface area contributed by atoms with E-state index in [1.54, 1.807) is 24.0 Å². The third-order valence-corrected chi connectivity index (χ3v) is 3.44. The molecule has 4 nitrogen and oxygen atoms in total. The summed E-state index contributed by atoms with van der Waals surface area (Å²) in [6, 6.07) is 6.17. The molecule has 114 valence electrons. The first-order valence-electron chi connectivity index (χ1n) is 7.29.